The lowest BCUT2D eigenvalue weighted by molar-refractivity contribution is 0.0658. The van der Waals surface area contributed by atoms with Gasteiger partial charge >= 0.3 is 0 Å². The summed E-state index contributed by atoms with van der Waals surface area (Å²) in [5, 5.41) is 0.566. The van der Waals surface area contributed by atoms with E-state index in [0.29, 0.717) is 35.3 Å². The van der Waals surface area contributed by atoms with Crippen LogP contribution in [0.15, 0.2) is 71.5 Å². The molecule has 0 aliphatic heterocycles. The summed E-state index contributed by atoms with van der Waals surface area (Å²) in [7, 11) is 0. The molecule has 1 atom stereocenters. The lowest BCUT2D eigenvalue weighted by Gasteiger charge is -2.32. The highest BCUT2D eigenvalue weighted by molar-refractivity contribution is 5.96. The Morgan fingerprint density at radius 2 is 1.63 bits per heavy atom. The molecule has 0 aliphatic carbocycles. The van der Waals surface area contributed by atoms with E-state index in [4.69, 9.17) is 4.98 Å². The molecule has 0 spiro atoms. The van der Waals surface area contributed by atoms with Gasteiger partial charge in [0.05, 0.1) is 22.6 Å². The first-order chi connectivity index (χ1) is 16.9. The third-order valence-electron chi connectivity index (χ3n) is 6.71. The first-order valence-corrected chi connectivity index (χ1v) is 12.3. The van der Waals surface area contributed by atoms with E-state index in [1.807, 2.05) is 92.4 Å². The van der Waals surface area contributed by atoms with Crippen LogP contribution in [0.1, 0.15) is 65.6 Å². The van der Waals surface area contributed by atoms with Crippen molar-refractivity contribution in [2.24, 2.45) is 0 Å². The predicted octanol–water partition coefficient (Wildman–Crippen LogP) is 6.31. The van der Waals surface area contributed by atoms with E-state index in [1.54, 1.807) is 4.57 Å². The molecule has 35 heavy (non-hydrogen) atoms. The molecule has 0 fully saturated rings. The highest BCUT2D eigenvalue weighted by Gasteiger charge is 2.30. The molecule has 0 saturated carbocycles. The fourth-order valence-electron chi connectivity index (χ4n) is 4.64. The summed E-state index contributed by atoms with van der Waals surface area (Å²) < 4.78 is 1.71. The van der Waals surface area contributed by atoms with Crippen LogP contribution in [0.4, 0.5) is 0 Å². The summed E-state index contributed by atoms with van der Waals surface area (Å²) in [4.78, 5) is 34.6. The van der Waals surface area contributed by atoms with Gasteiger partial charge in [-0.05, 0) is 80.6 Å². The van der Waals surface area contributed by atoms with Crippen LogP contribution in [0, 0.1) is 20.8 Å². The quantitative estimate of drug-likeness (QED) is 0.320. The molecule has 1 unspecified atom stereocenters. The second-order valence-corrected chi connectivity index (χ2v) is 9.13. The second kappa shape index (κ2) is 10.3. The summed E-state index contributed by atoms with van der Waals surface area (Å²) in [5.41, 5.74) is 5.17. The van der Waals surface area contributed by atoms with Crippen molar-refractivity contribution in [1.82, 2.24) is 14.5 Å². The maximum atomic E-state index is 13.9. The van der Waals surface area contributed by atoms with Crippen molar-refractivity contribution in [3.05, 3.63) is 105 Å². The highest BCUT2D eigenvalue weighted by Crippen LogP contribution is 2.28. The standard InChI is InChI=1S/C30H33N3O2/c1-6-18-32(29(34)24-13-9-8-12-21(24)4)27(7-2)28-31-26-15-11-10-14-25(26)30(35)33(28)23-17-16-20(3)22(5)19-23/h8-17,19,27H,6-7,18H2,1-5H3. The summed E-state index contributed by atoms with van der Waals surface area (Å²) in [6, 6.07) is 20.7. The fourth-order valence-corrected chi connectivity index (χ4v) is 4.64. The van der Waals surface area contributed by atoms with Crippen LogP contribution >= 0.6 is 0 Å². The van der Waals surface area contributed by atoms with E-state index < -0.39 is 0 Å². The van der Waals surface area contributed by atoms with Crippen LogP contribution in [-0.4, -0.2) is 26.9 Å². The highest BCUT2D eigenvalue weighted by atomic mass is 16.2. The number of amides is 1. The molecule has 0 radical (unpaired) electrons. The minimum atomic E-state index is -0.360. The van der Waals surface area contributed by atoms with Crippen molar-refractivity contribution in [1.29, 1.82) is 0 Å². The Balaban J connectivity index is 1.97. The number of benzene rings is 3. The van der Waals surface area contributed by atoms with E-state index in [1.165, 1.54) is 0 Å². The Bertz CT molecular complexity index is 1440. The number of carbonyl (C=O) groups is 1. The second-order valence-electron chi connectivity index (χ2n) is 9.13. The number of nitrogens with zero attached hydrogens (tertiary/aromatic N) is 3. The van der Waals surface area contributed by atoms with Gasteiger partial charge in [-0.15, -0.1) is 0 Å². The largest absolute Gasteiger partial charge is 0.328 e. The number of hydrogen-bond acceptors (Lipinski definition) is 3. The first kappa shape index (κ1) is 24.4. The first-order valence-electron chi connectivity index (χ1n) is 12.3. The molecule has 4 aromatic rings. The molecule has 0 bridgehead atoms. The Hall–Kier alpha value is -3.73. The van der Waals surface area contributed by atoms with Gasteiger partial charge in [0.15, 0.2) is 0 Å². The van der Waals surface area contributed by atoms with Gasteiger partial charge in [0, 0.05) is 12.1 Å². The third kappa shape index (κ3) is 4.63. The van der Waals surface area contributed by atoms with E-state index in [2.05, 4.69) is 13.8 Å². The van der Waals surface area contributed by atoms with Gasteiger partial charge in [0.2, 0.25) is 0 Å². The molecule has 0 aliphatic rings. The van der Waals surface area contributed by atoms with Crippen molar-refractivity contribution in [3.8, 4) is 5.69 Å². The number of fused-ring (bicyclic) bond motifs is 1. The van der Waals surface area contributed by atoms with Gasteiger partial charge in [0.25, 0.3) is 11.5 Å². The average Bonchev–Trinajstić information content (AvgIpc) is 2.86. The molecular weight excluding hydrogens is 434 g/mol. The maximum absolute atomic E-state index is 13.9. The zero-order valence-corrected chi connectivity index (χ0v) is 21.2. The number of aromatic nitrogens is 2. The van der Waals surface area contributed by atoms with Crippen molar-refractivity contribution >= 4 is 16.8 Å². The van der Waals surface area contributed by atoms with Gasteiger partial charge < -0.3 is 4.90 Å². The zero-order chi connectivity index (χ0) is 25.1. The molecular formula is C30H33N3O2. The summed E-state index contributed by atoms with van der Waals surface area (Å²) in [6.45, 7) is 10.7. The molecule has 180 valence electrons. The number of carbonyl (C=O) groups excluding carboxylic acids is 1. The van der Waals surface area contributed by atoms with Crippen molar-refractivity contribution in [3.63, 3.8) is 0 Å². The summed E-state index contributed by atoms with van der Waals surface area (Å²) in [5.74, 6) is 0.556. The normalized spacial score (nSPS) is 12.0. The molecule has 5 nitrogen and oxygen atoms in total. The van der Waals surface area contributed by atoms with Gasteiger partial charge in [-0.2, -0.15) is 0 Å². The average molecular weight is 468 g/mol. The number of aryl methyl sites for hydroxylation is 3. The Morgan fingerprint density at radius 1 is 0.914 bits per heavy atom. The van der Waals surface area contributed by atoms with Crippen LogP contribution in [0.3, 0.4) is 0 Å². The lowest BCUT2D eigenvalue weighted by atomic mass is 10.0. The Kier molecular flexibility index (Phi) is 7.15. The molecule has 1 amide bonds. The van der Waals surface area contributed by atoms with Gasteiger partial charge in [0.1, 0.15) is 5.82 Å². The van der Waals surface area contributed by atoms with Gasteiger partial charge in [-0.1, -0.05) is 50.2 Å². The molecule has 5 heteroatoms. The fraction of sp³-hybridized carbons (Fsp3) is 0.300. The van der Waals surface area contributed by atoms with Crippen molar-refractivity contribution < 1.29 is 4.79 Å². The van der Waals surface area contributed by atoms with Crippen LogP contribution in [0.25, 0.3) is 16.6 Å². The number of rotatable bonds is 7. The smallest absolute Gasteiger partial charge is 0.266 e. The van der Waals surface area contributed by atoms with Crippen LogP contribution < -0.4 is 5.56 Å². The zero-order valence-electron chi connectivity index (χ0n) is 21.2. The molecule has 1 aromatic heterocycles. The minimum Gasteiger partial charge on any atom is -0.328 e. The Morgan fingerprint density at radius 3 is 2.31 bits per heavy atom. The van der Waals surface area contributed by atoms with Gasteiger partial charge in [-0.3, -0.25) is 14.2 Å². The molecule has 0 N–H and O–H groups in total. The minimum absolute atomic E-state index is 0.0363. The van der Waals surface area contributed by atoms with E-state index in [-0.39, 0.29) is 17.5 Å². The predicted molar refractivity (Wildman–Crippen MR) is 142 cm³/mol. The van der Waals surface area contributed by atoms with E-state index in [9.17, 15) is 9.59 Å². The summed E-state index contributed by atoms with van der Waals surface area (Å²) >= 11 is 0. The topological polar surface area (TPSA) is 55.2 Å². The number of hydrogen-bond donors (Lipinski definition) is 0. The molecule has 1 heterocycles. The van der Waals surface area contributed by atoms with Crippen LogP contribution in [0.2, 0.25) is 0 Å². The van der Waals surface area contributed by atoms with Crippen LogP contribution in [-0.2, 0) is 0 Å². The Labute approximate surface area is 207 Å². The maximum Gasteiger partial charge on any atom is 0.266 e. The van der Waals surface area contributed by atoms with E-state index in [0.717, 1.165) is 28.8 Å². The number of para-hydroxylation sites is 1. The lowest BCUT2D eigenvalue weighted by Crippen LogP contribution is -2.39. The molecule has 0 saturated heterocycles. The van der Waals surface area contributed by atoms with Crippen molar-refractivity contribution in [2.45, 2.75) is 53.5 Å². The monoisotopic (exact) mass is 467 g/mol. The molecule has 3 aromatic carbocycles. The SMILES string of the molecule is CCCN(C(=O)c1ccccc1C)C(CC)c1nc2ccccc2c(=O)n1-c1ccc(C)c(C)c1. The van der Waals surface area contributed by atoms with Crippen molar-refractivity contribution in [2.75, 3.05) is 6.54 Å². The summed E-state index contributed by atoms with van der Waals surface area (Å²) in [6.07, 6.45) is 1.43. The third-order valence-corrected chi connectivity index (χ3v) is 6.71. The van der Waals surface area contributed by atoms with Gasteiger partial charge in [-0.25, -0.2) is 4.98 Å². The van der Waals surface area contributed by atoms with Crippen LogP contribution in [0.5, 0.6) is 0 Å². The molecule has 4 rings (SSSR count). The van der Waals surface area contributed by atoms with E-state index >= 15 is 0 Å².